The molecule has 0 spiro atoms. The Hall–Kier alpha value is -0.870. The number of hydrogen-bond donors (Lipinski definition) is 0. The van der Waals surface area contributed by atoms with Crippen LogP contribution in [0, 0.1) is 0 Å². The number of piperazine rings is 1. The number of anilines is 1. The summed E-state index contributed by atoms with van der Waals surface area (Å²) in [4.78, 5) is 13.9. The van der Waals surface area contributed by atoms with E-state index in [1.165, 1.54) is 12.8 Å². The number of nitrogens with zero attached hydrogens (tertiary/aromatic N) is 4. The third-order valence-electron chi connectivity index (χ3n) is 4.01. The van der Waals surface area contributed by atoms with Gasteiger partial charge in [-0.1, -0.05) is 11.6 Å². The van der Waals surface area contributed by atoms with E-state index >= 15 is 0 Å². The molecule has 1 saturated heterocycles. The summed E-state index contributed by atoms with van der Waals surface area (Å²) < 4.78 is 0. The standard InChI is InChI=1S/C14H21ClN4/c1-10(2)18-5-7-19(8-6-18)13-9-12(15)16-14(17-13)11-3-4-11/h9-11H,3-8H2,1-2H3. The van der Waals surface area contributed by atoms with E-state index in [4.69, 9.17) is 16.6 Å². The second-order valence-electron chi connectivity index (χ2n) is 5.80. The lowest BCUT2D eigenvalue weighted by Crippen LogP contribution is -2.49. The van der Waals surface area contributed by atoms with Gasteiger partial charge in [-0.05, 0) is 26.7 Å². The van der Waals surface area contributed by atoms with Crippen LogP contribution in [0.5, 0.6) is 0 Å². The monoisotopic (exact) mass is 280 g/mol. The molecule has 0 unspecified atom stereocenters. The summed E-state index contributed by atoms with van der Waals surface area (Å²) in [6, 6.07) is 2.52. The van der Waals surface area contributed by atoms with Crippen molar-refractivity contribution in [1.82, 2.24) is 14.9 Å². The molecule has 5 heteroatoms. The molecule has 0 atom stereocenters. The van der Waals surface area contributed by atoms with E-state index in [2.05, 4.69) is 28.6 Å². The Morgan fingerprint density at radius 1 is 1.16 bits per heavy atom. The lowest BCUT2D eigenvalue weighted by Gasteiger charge is -2.37. The Kier molecular flexibility index (Phi) is 3.63. The molecular weight excluding hydrogens is 260 g/mol. The molecule has 4 nitrogen and oxygen atoms in total. The van der Waals surface area contributed by atoms with Crippen LogP contribution in [0.2, 0.25) is 5.15 Å². The van der Waals surface area contributed by atoms with Crippen LogP contribution in [0.3, 0.4) is 0 Å². The van der Waals surface area contributed by atoms with Gasteiger partial charge < -0.3 is 4.90 Å². The first kappa shape index (κ1) is 13.1. The van der Waals surface area contributed by atoms with Crippen molar-refractivity contribution < 1.29 is 0 Å². The Morgan fingerprint density at radius 2 is 1.84 bits per heavy atom. The molecular formula is C14H21ClN4. The van der Waals surface area contributed by atoms with E-state index < -0.39 is 0 Å². The van der Waals surface area contributed by atoms with Gasteiger partial charge in [-0.2, -0.15) is 0 Å². The van der Waals surface area contributed by atoms with Crippen molar-refractivity contribution in [2.75, 3.05) is 31.1 Å². The van der Waals surface area contributed by atoms with Crippen molar-refractivity contribution in [2.24, 2.45) is 0 Å². The van der Waals surface area contributed by atoms with Crippen molar-refractivity contribution >= 4 is 17.4 Å². The van der Waals surface area contributed by atoms with Crippen LogP contribution < -0.4 is 4.90 Å². The quantitative estimate of drug-likeness (QED) is 0.797. The normalized spacial score (nSPS) is 21.2. The summed E-state index contributed by atoms with van der Waals surface area (Å²) >= 11 is 6.13. The van der Waals surface area contributed by atoms with Crippen molar-refractivity contribution in [1.29, 1.82) is 0 Å². The predicted molar refractivity (Wildman–Crippen MR) is 77.9 cm³/mol. The predicted octanol–water partition coefficient (Wildman–Crippen LogP) is 2.54. The van der Waals surface area contributed by atoms with Crippen molar-refractivity contribution in [3.63, 3.8) is 0 Å². The molecule has 0 N–H and O–H groups in total. The number of halogens is 1. The van der Waals surface area contributed by atoms with Crippen LogP contribution in [0.4, 0.5) is 5.82 Å². The minimum Gasteiger partial charge on any atom is -0.354 e. The average Bonchev–Trinajstić information content (AvgIpc) is 3.22. The second-order valence-corrected chi connectivity index (χ2v) is 6.19. The first-order valence-electron chi connectivity index (χ1n) is 7.17. The Morgan fingerprint density at radius 3 is 2.42 bits per heavy atom. The highest BCUT2D eigenvalue weighted by Gasteiger charge is 2.28. The van der Waals surface area contributed by atoms with Gasteiger partial charge in [-0.3, -0.25) is 4.90 Å². The summed E-state index contributed by atoms with van der Waals surface area (Å²) in [6.45, 7) is 8.74. The molecule has 1 saturated carbocycles. The van der Waals surface area contributed by atoms with Gasteiger partial charge in [-0.15, -0.1) is 0 Å². The zero-order valence-electron chi connectivity index (χ0n) is 11.6. The smallest absolute Gasteiger partial charge is 0.135 e. The van der Waals surface area contributed by atoms with Gasteiger partial charge in [0.15, 0.2) is 0 Å². The number of hydrogen-bond acceptors (Lipinski definition) is 4. The van der Waals surface area contributed by atoms with Gasteiger partial charge in [0.2, 0.25) is 0 Å². The third kappa shape index (κ3) is 3.00. The highest BCUT2D eigenvalue weighted by molar-refractivity contribution is 6.29. The molecule has 0 amide bonds. The second kappa shape index (κ2) is 5.25. The molecule has 0 aromatic carbocycles. The lowest BCUT2D eigenvalue weighted by molar-refractivity contribution is 0.209. The van der Waals surface area contributed by atoms with Crippen molar-refractivity contribution in [3.05, 3.63) is 17.0 Å². The molecule has 2 fully saturated rings. The van der Waals surface area contributed by atoms with Crippen LogP contribution in [-0.2, 0) is 0 Å². The van der Waals surface area contributed by atoms with E-state index in [0.29, 0.717) is 17.1 Å². The topological polar surface area (TPSA) is 32.3 Å². The molecule has 104 valence electrons. The van der Waals surface area contributed by atoms with E-state index in [1.54, 1.807) is 0 Å². The Balaban J connectivity index is 1.72. The van der Waals surface area contributed by atoms with Crippen LogP contribution in [0.15, 0.2) is 6.07 Å². The largest absolute Gasteiger partial charge is 0.354 e. The van der Waals surface area contributed by atoms with Gasteiger partial charge >= 0.3 is 0 Å². The van der Waals surface area contributed by atoms with Crippen LogP contribution in [0.25, 0.3) is 0 Å². The lowest BCUT2D eigenvalue weighted by atomic mass is 10.2. The average molecular weight is 281 g/mol. The summed E-state index contributed by atoms with van der Waals surface area (Å²) in [7, 11) is 0. The molecule has 3 rings (SSSR count). The van der Waals surface area contributed by atoms with Crippen LogP contribution in [0.1, 0.15) is 38.4 Å². The van der Waals surface area contributed by atoms with Gasteiger partial charge in [0.1, 0.15) is 16.8 Å². The summed E-state index contributed by atoms with van der Waals surface area (Å²) in [5, 5.41) is 0.582. The van der Waals surface area contributed by atoms with Crippen molar-refractivity contribution in [2.45, 2.75) is 38.6 Å². The summed E-state index contributed by atoms with van der Waals surface area (Å²) in [6.07, 6.45) is 2.42. The fourth-order valence-corrected chi connectivity index (χ4v) is 2.76. The fourth-order valence-electron chi connectivity index (χ4n) is 2.58. The van der Waals surface area contributed by atoms with Crippen LogP contribution in [-0.4, -0.2) is 47.1 Å². The fraction of sp³-hybridized carbons (Fsp3) is 0.714. The van der Waals surface area contributed by atoms with E-state index in [0.717, 1.165) is 37.8 Å². The minimum absolute atomic E-state index is 0.550. The SMILES string of the molecule is CC(C)N1CCN(c2cc(Cl)nc(C3CC3)n2)CC1. The maximum atomic E-state index is 6.13. The Bertz CT molecular complexity index is 451. The summed E-state index contributed by atoms with van der Waals surface area (Å²) in [5.74, 6) is 2.49. The van der Waals surface area contributed by atoms with Crippen LogP contribution >= 0.6 is 11.6 Å². The van der Waals surface area contributed by atoms with E-state index in [9.17, 15) is 0 Å². The zero-order chi connectivity index (χ0) is 13.4. The summed E-state index contributed by atoms with van der Waals surface area (Å²) in [5.41, 5.74) is 0. The number of rotatable bonds is 3. The highest BCUT2D eigenvalue weighted by Crippen LogP contribution is 2.39. The maximum Gasteiger partial charge on any atom is 0.135 e. The van der Waals surface area contributed by atoms with Gasteiger partial charge in [0, 0.05) is 44.2 Å². The molecule has 0 bridgehead atoms. The zero-order valence-corrected chi connectivity index (χ0v) is 12.4. The Labute approximate surface area is 119 Å². The van der Waals surface area contributed by atoms with Gasteiger partial charge in [0.05, 0.1) is 0 Å². The molecule has 19 heavy (non-hydrogen) atoms. The maximum absolute atomic E-state index is 6.13. The van der Waals surface area contributed by atoms with Gasteiger partial charge in [-0.25, -0.2) is 9.97 Å². The third-order valence-corrected chi connectivity index (χ3v) is 4.20. The molecule has 1 aliphatic carbocycles. The molecule has 2 aliphatic rings. The molecule has 1 aromatic heterocycles. The first-order chi connectivity index (χ1) is 9.13. The minimum atomic E-state index is 0.550. The van der Waals surface area contributed by atoms with E-state index in [1.807, 2.05) is 6.07 Å². The number of aromatic nitrogens is 2. The van der Waals surface area contributed by atoms with E-state index in [-0.39, 0.29) is 0 Å². The highest BCUT2D eigenvalue weighted by atomic mass is 35.5. The molecule has 1 aromatic rings. The molecule has 2 heterocycles. The first-order valence-corrected chi connectivity index (χ1v) is 7.55. The molecule has 1 aliphatic heterocycles. The molecule has 0 radical (unpaired) electrons. The van der Waals surface area contributed by atoms with Crippen molar-refractivity contribution in [3.8, 4) is 0 Å². The van der Waals surface area contributed by atoms with Gasteiger partial charge in [0.25, 0.3) is 0 Å².